The highest BCUT2D eigenvalue weighted by molar-refractivity contribution is 7.21. The van der Waals surface area contributed by atoms with E-state index in [1.807, 2.05) is 6.92 Å². The summed E-state index contributed by atoms with van der Waals surface area (Å²) < 4.78 is 5.43. The molecule has 0 bridgehead atoms. The molecule has 0 unspecified atom stereocenters. The van der Waals surface area contributed by atoms with Gasteiger partial charge in [-0.1, -0.05) is 0 Å². The summed E-state index contributed by atoms with van der Waals surface area (Å²) >= 11 is 1.43. The molecule has 0 fully saturated rings. The van der Waals surface area contributed by atoms with E-state index < -0.39 is 7.12 Å². The standard InChI is InChI=1S/C5H8BNO2S/c1-4-7-3-5(10-4)6(8)9-2/h3,8H,1-2H3. The van der Waals surface area contributed by atoms with Crippen LogP contribution in [-0.2, 0) is 4.65 Å². The quantitative estimate of drug-likeness (QED) is 0.603. The largest absolute Gasteiger partial charge is 0.503 e. The van der Waals surface area contributed by atoms with E-state index in [9.17, 15) is 0 Å². The Morgan fingerprint density at radius 2 is 2.50 bits per heavy atom. The van der Waals surface area contributed by atoms with Gasteiger partial charge in [-0.15, -0.1) is 11.3 Å². The zero-order valence-electron chi connectivity index (χ0n) is 5.87. The van der Waals surface area contributed by atoms with Gasteiger partial charge in [-0.3, -0.25) is 4.98 Å². The third kappa shape index (κ3) is 1.56. The molecule has 0 atom stereocenters. The smallest absolute Gasteiger partial charge is 0.423 e. The first-order valence-corrected chi connectivity index (χ1v) is 3.69. The third-order valence-corrected chi connectivity index (χ3v) is 2.05. The summed E-state index contributed by atoms with van der Waals surface area (Å²) in [5.74, 6) is 0. The Bertz CT molecular complexity index is 215. The molecule has 1 rings (SSSR count). The van der Waals surface area contributed by atoms with Crippen molar-refractivity contribution in [1.29, 1.82) is 0 Å². The van der Waals surface area contributed by atoms with E-state index in [-0.39, 0.29) is 0 Å². The predicted molar refractivity (Wildman–Crippen MR) is 41.5 cm³/mol. The van der Waals surface area contributed by atoms with E-state index in [0.717, 1.165) is 9.78 Å². The minimum Gasteiger partial charge on any atom is -0.423 e. The van der Waals surface area contributed by atoms with Gasteiger partial charge in [-0.05, 0) is 6.92 Å². The van der Waals surface area contributed by atoms with Crippen molar-refractivity contribution in [3.63, 3.8) is 0 Å². The molecule has 0 saturated carbocycles. The fourth-order valence-electron chi connectivity index (χ4n) is 0.608. The fourth-order valence-corrected chi connectivity index (χ4v) is 1.36. The number of rotatable bonds is 2. The van der Waals surface area contributed by atoms with Crippen LogP contribution in [0.4, 0.5) is 0 Å². The van der Waals surface area contributed by atoms with Gasteiger partial charge in [0, 0.05) is 13.3 Å². The maximum Gasteiger partial charge on any atom is 0.503 e. The SMILES string of the molecule is COB(O)c1cnc(C)s1. The van der Waals surface area contributed by atoms with E-state index in [0.29, 0.717) is 0 Å². The molecule has 54 valence electrons. The summed E-state index contributed by atoms with van der Waals surface area (Å²) in [6.45, 7) is 1.89. The van der Waals surface area contributed by atoms with Gasteiger partial charge in [-0.25, -0.2) is 0 Å². The van der Waals surface area contributed by atoms with Crippen LogP contribution in [0.3, 0.4) is 0 Å². The van der Waals surface area contributed by atoms with E-state index in [2.05, 4.69) is 9.64 Å². The number of thiazole rings is 1. The molecule has 1 N–H and O–H groups in total. The van der Waals surface area contributed by atoms with Gasteiger partial charge in [0.2, 0.25) is 0 Å². The van der Waals surface area contributed by atoms with Crippen LogP contribution in [0, 0.1) is 6.92 Å². The van der Waals surface area contributed by atoms with Crippen molar-refractivity contribution in [3.8, 4) is 0 Å². The number of aryl methyl sites for hydroxylation is 1. The topological polar surface area (TPSA) is 42.4 Å². The molecular formula is C5H8BNO2S. The molecule has 0 aliphatic heterocycles. The van der Waals surface area contributed by atoms with Crippen molar-refractivity contribution in [3.05, 3.63) is 11.2 Å². The second-order valence-corrected chi connectivity index (χ2v) is 3.14. The van der Waals surface area contributed by atoms with Crippen LogP contribution >= 0.6 is 11.3 Å². The van der Waals surface area contributed by atoms with Gasteiger partial charge in [-0.2, -0.15) is 0 Å². The minimum absolute atomic E-state index is 0.750. The van der Waals surface area contributed by atoms with Crippen molar-refractivity contribution in [2.45, 2.75) is 6.92 Å². The van der Waals surface area contributed by atoms with Crippen LogP contribution in [0.25, 0.3) is 0 Å². The Hall–Kier alpha value is -0.385. The summed E-state index contributed by atoms with van der Waals surface area (Å²) in [6, 6.07) is 0. The highest BCUT2D eigenvalue weighted by Gasteiger charge is 2.16. The van der Waals surface area contributed by atoms with E-state index >= 15 is 0 Å². The first-order valence-electron chi connectivity index (χ1n) is 2.87. The first-order chi connectivity index (χ1) is 4.74. The monoisotopic (exact) mass is 157 g/mol. The molecule has 10 heavy (non-hydrogen) atoms. The van der Waals surface area contributed by atoms with Gasteiger partial charge in [0.15, 0.2) is 0 Å². The van der Waals surface area contributed by atoms with Crippen molar-refractivity contribution >= 4 is 23.2 Å². The van der Waals surface area contributed by atoms with Gasteiger partial charge in [0.1, 0.15) is 0 Å². The average molecular weight is 157 g/mol. The minimum atomic E-state index is -0.814. The number of hydrogen-bond donors (Lipinski definition) is 1. The zero-order valence-corrected chi connectivity index (χ0v) is 6.68. The Kier molecular flexibility index (Phi) is 2.42. The highest BCUT2D eigenvalue weighted by Crippen LogP contribution is 1.99. The van der Waals surface area contributed by atoms with Gasteiger partial charge < -0.3 is 9.68 Å². The predicted octanol–water partition coefficient (Wildman–Crippen LogP) is -0.215. The molecule has 1 aromatic heterocycles. The maximum absolute atomic E-state index is 9.09. The van der Waals surface area contributed by atoms with Crippen LogP contribution in [0.15, 0.2) is 6.20 Å². The summed E-state index contributed by atoms with van der Waals surface area (Å²) in [6.07, 6.45) is 1.62. The Morgan fingerprint density at radius 3 is 2.90 bits per heavy atom. The van der Waals surface area contributed by atoms with Crippen molar-refractivity contribution < 1.29 is 9.68 Å². The molecule has 1 heterocycles. The fraction of sp³-hybridized carbons (Fsp3) is 0.400. The van der Waals surface area contributed by atoms with Crippen LogP contribution in [0.5, 0.6) is 0 Å². The zero-order chi connectivity index (χ0) is 7.56. The highest BCUT2D eigenvalue weighted by atomic mass is 32.1. The lowest BCUT2D eigenvalue weighted by atomic mass is 9.90. The second-order valence-electron chi connectivity index (χ2n) is 1.87. The lowest BCUT2D eigenvalue weighted by Crippen LogP contribution is -2.29. The van der Waals surface area contributed by atoms with Gasteiger partial charge >= 0.3 is 7.12 Å². The van der Waals surface area contributed by atoms with Crippen molar-refractivity contribution in [1.82, 2.24) is 4.98 Å². The first kappa shape index (κ1) is 7.72. The molecule has 0 radical (unpaired) electrons. The maximum atomic E-state index is 9.09. The summed E-state index contributed by atoms with van der Waals surface area (Å²) in [5, 5.41) is 10.0. The van der Waals surface area contributed by atoms with Crippen LogP contribution in [-0.4, -0.2) is 24.2 Å². The molecule has 3 nitrogen and oxygen atoms in total. The van der Waals surface area contributed by atoms with Crippen LogP contribution < -0.4 is 4.78 Å². The van der Waals surface area contributed by atoms with Gasteiger partial charge in [0.25, 0.3) is 0 Å². The van der Waals surface area contributed by atoms with Crippen molar-refractivity contribution in [2.75, 3.05) is 7.11 Å². The second kappa shape index (κ2) is 3.14. The van der Waals surface area contributed by atoms with Crippen LogP contribution in [0.2, 0.25) is 0 Å². The molecular weight excluding hydrogens is 149 g/mol. The van der Waals surface area contributed by atoms with E-state index in [1.54, 1.807) is 6.20 Å². The number of nitrogens with zero attached hydrogens (tertiary/aromatic N) is 1. The Morgan fingerprint density at radius 1 is 1.80 bits per heavy atom. The molecule has 0 saturated heterocycles. The molecule has 1 aromatic rings. The Balaban J connectivity index is 2.74. The summed E-state index contributed by atoms with van der Waals surface area (Å²) in [7, 11) is 0.644. The number of aromatic nitrogens is 1. The van der Waals surface area contributed by atoms with Crippen LogP contribution in [0.1, 0.15) is 5.01 Å². The Labute approximate surface area is 63.8 Å². The summed E-state index contributed by atoms with van der Waals surface area (Å²) in [4.78, 5) is 3.96. The summed E-state index contributed by atoms with van der Waals surface area (Å²) in [5.41, 5.74) is 0. The lowest BCUT2D eigenvalue weighted by Gasteiger charge is -1.95. The molecule has 0 aromatic carbocycles. The molecule has 0 aliphatic carbocycles. The van der Waals surface area contributed by atoms with Gasteiger partial charge in [0.05, 0.1) is 9.78 Å². The van der Waals surface area contributed by atoms with E-state index in [4.69, 9.17) is 5.02 Å². The lowest BCUT2D eigenvalue weighted by molar-refractivity contribution is 0.342. The van der Waals surface area contributed by atoms with Crippen molar-refractivity contribution in [2.24, 2.45) is 0 Å². The molecule has 0 aliphatic rings. The molecule has 0 spiro atoms. The molecule has 0 amide bonds. The van der Waals surface area contributed by atoms with E-state index in [1.165, 1.54) is 18.4 Å². The third-order valence-electron chi connectivity index (χ3n) is 1.11. The number of hydrogen-bond acceptors (Lipinski definition) is 4. The molecule has 5 heteroatoms. The normalized spacial score (nSPS) is 9.90. The average Bonchev–Trinajstić information content (AvgIpc) is 2.34.